The first-order valence-corrected chi connectivity index (χ1v) is 6.70. The van der Waals surface area contributed by atoms with E-state index in [-0.39, 0.29) is 0 Å². The Morgan fingerprint density at radius 3 is 2.72 bits per heavy atom. The number of hydrogen-bond acceptors (Lipinski definition) is 4. The van der Waals surface area contributed by atoms with Crippen LogP contribution >= 0.6 is 0 Å². The molecule has 18 heavy (non-hydrogen) atoms. The second-order valence-corrected chi connectivity index (χ2v) is 5.46. The zero-order chi connectivity index (χ0) is 13.1. The summed E-state index contributed by atoms with van der Waals surface area (Å²) in [5.74, 6) is 1.99. The molecule has 1 saturated carbocycles. The van der Waals surface area contributed by atoms with Gasteiger partial charge in [0.25, 0.3) is 0 Å². The fourth-order valence-corrected chi connectivity index (χ4v) is 1.96. The monoisotopic (exact) mass is 249 g/mol. The molecule has 1 aliphatic carbocycles. The van der Waals surface area contributed by atoms with E-state index in [1.54, 1.807) is 0 Å². The van der Waals surface area contributed by atoms with Crippen molar-refractivity contribution >= 4 is 11.5 Å². The quantitative estimate of drug-likeness (QED) is 0.871. The smallest absolute Gasteiger partial charge is 0.239 e. The first-order chi connectivity index (χ1) is 8.58. The van der Waals surface area contributed by atoms with Crippen LogP contribution in [0, 0.1) is 5.92 Å². The number of aromatic nitrogens is 1. The molecule has 0 radical (unpaired) electrons. The Balaban J connectivity index is 2.09. The summed E-state index contributed by atoms with van der Waals surface area (Å²) in [5.41, 5.74) is 6.50. The van der Waals surface area contributed by atoms with Crippen molar-refractivity contribution in [2.45, 2.75) is 39.2 Å². The minimum Gasteiger partial charge on any atom is -0.476 e. The van der Waals surface area contributed by atoms with E-state index in [0.29, 0.717) is 30.1 Å². The molecule has 1 fully saturated rings. The Morgan fingerprint density at radius 2 is 2.17 bits per heavy atom. The molecule has 4 nitrogen and oxygen atoms in total. The molecule has 0 atom stereocenters. The first-order valence-electron chi connectivity index (χ1n) is 6.70. The predicted octanol–water partition coefficient (Wildman–Crippen LogP) is 2.69. The number of nitrogens with zero attached hydrogens (tertiary/aromatic N) is 2. The summed E-state index contributed by atoms with van der Waals surface area (Å²) < 4.78 is 5.66. The van der Waals surface area contributed by atoms with E-state index in [2.05, 4.69) is 30.8 Å². The van der Waals surface area contributed by atoms with Gasteiger partial charge in [0.05, 0.1) is 12.3 Å². The van der Waals surface area contributed by atoms with Gasteiger partial charge in [0.2, 0.25) is 5.88 Å². The number of nitrogens with two attached hydrogens (primary N) is 1. The Labute approximate surface area is 109 Å². The topological polar surface area (TPSA) is 51.4 Å². The lowest BCUT2D eigenvalue weighted by atomic mass is 9.92. The number of ether oxygens (including phenoxy) is 1. The molecule has 4 heteroatoms. The van der Waals surface area contributed by atoms with E-state index in [1.165, 1.54) is 19.3 Å². The van der Waals surface area contributed by atoms with Gasteiger partial charge < -0.3 is 15.4 Å². The summed E-state index contributed by atoms with van der Waals surface area (Å²) in [7, 11) is 2.09. The highest BCUT2D eigenvalue weighted by atomic mass is 16.5. The van der Waals surface area contributed by atoms with Gasteiger partial charge in [-0.3, -0.25) is 0 Å². The zero-order valence-corrected chi connectivity index (χ0v) is 11.5. The minimum atomic E-state index is 0.471. The van der Waals surface area contributed by atoms with E-state index in [0.717, 1.165) is 5.82 Å². The van der Waals surface area contributed by atoms with Gasteiger partial charge in [0, 0.05) is 13.1 Å². The molecule has 0 amide bonds. The number of anilines is 2. The van der Waals surface area contributed by atoms with Crippen LogP contribution in [0.3, 0.4) is 0 Å². The molecule has 1 aliphatic rings. The lowest BCUT2D eigenvalue weighted by Gasteiger charge is -2.35. The van der Waals surface area contributed by atoms with Crippen LogP contribution in [-0.4, -0.2) is 24.7 Å². The zero-order valence-electron chi connectivity index (χ0n) is 11.5. The van der Waals surface area contributed by atoms with Gasteiger partial charge in [-0.1, -0.05) is 13.8 Å². The van der Waals surface area contributed by atoms with Gasteiger partial charge in [0.15, 0.2) is 0 Å². The average Bonchev–Trinajstić information content (AvgIpc) is 2.25. The molecule has 0 bridgehead atoms. The van der Waals surface area contributed by atoms with Crippen molar-refractivity contribution in [1.29, 1.82) is 0 Å². The molecule has 1 aromatic rings. The van der Waals surface area contributed by atoms with Crippen LogP contribution in [-0.2, 0) is 0 Å². The molecular formula is C14H23N3O. The van der Waals surface area contributed by atoms with Gasteiger partial charge in [-0.15, -0.1) is 0 Å². The Kier molecular flexibility index (Phi) is 3.94. The molecule has 1 heterocycles. The SMILES string of the molecule is CC(C)COc1nc(N(C)C2CCC2)ccc1N. The van der Waals surface area contributed by atoms with Crippen LogP contribution in [0.5, 0.6) is 5.88 Å². The normalized spacial score (nSPS) is 15.6. The second kappa shape index (κ2) is 5.46. The van der Waals surface area contributed by atoms with E-state index < -0.39 is 0 Å². The van der Waals surface area contributed by atoms with Crippen molar-refractivity contribution in [2.24, 2.45) is 5.92 Å². The molecular weight excluding hydrogens is 226 g/mol. The molecule has 100 valence electrons. The van der Waals surface area contributed by atoms with Crippen LogP contribution in [0.4, 0.5) is 11.5 Å². The van der Waals surface area contributed by atoms with Crippen LogP contribution in [0.2, 0.25) is 0 Å². The molecule has 0 spiro atoms. The highest BCUT2D eigenvalue weighted by Gasteiger charge is 2.23. The second-order valence-electron chi connectivity index (χ2n) is 5.46. The van der Waals surface area contributed by atoms with Crippen LogP contribution in [0.15, 0.2) is 12.1 Å². The largest absolute Gasteiger partial charge is 0.476 e. The molecule has 1 aromatic heterocycles. The number of nitrogen functional groups attached to an aromatic ring is 1. The van der Waals surface area contributed by atoms with E-state index in [4.69, 9.17) is 10.5 Å². The lowest BCUT2D eigenvalue weighted by molar-refractivity contribution is 0.262. The Hall–Kier alpha value is -1.45. The van der Waals surface area contributed by atoms with Crippen LogP contribution in [0.1, 0.15) is 33.1 Å². The van der Waals surface area contributed by atoms with Crippen molar-refractivity contribution in [3.8, 4) is 5.88 Å². The third-order valence-corrected chi connectivity index (χ3v) is 3.41. The maximum Gasteiger partial charge on any atom is 0.239 e. The summed E-state index contributed by atoms with van der Waals surface area (Å²) in [5, 5.41) is 0. The molecule has 2 N–H and O–H groups in total. The summed E-state index contributed by atoms with van der Waals surface area (Å²) in [4.78, 5) is 6.75. The fraction of sp³-hybridized carbons (Fsp3) is 0.643. The molecule has 0 saturated heterocycles. The van der Waals surface area contributed by atoms with Crippen molar-refractivity contribution in [3.63, 3.8) is 0 Å². The standard InChI is InChI=1S/C14H23N3O/c1-10(2)9-18-14-12(15)7-8-13(16-14)17(3)11-5-4-6-11/h7-8,10-11H,4-6,9,15H2,1-3H3. The Morgan fingerprint density at radius 1 is 1.44 bits per heavy atom. The maximum absolute atomic E-state index is 5.89. The molecule has 0 unspecified atom stereocenters. The maximum atomic E-state index is 5.89. The number of rotatable bonds is 5. The van der Waals surface area contributed by atoms with Gasteiger partial charge in [0.1, 0.15) is 5.82 Å². The minimum absolute atomic E-state index is 0.471. The van der Waals surface area contributed by atoms with Crippen molar-refractivity contribution in [2.75, 3.05) is 24.3 Å². The lowest BCUT2D eigenvalue weighted by Crippen LogP contribution is -2.37. The third kappa shape index (κ3) is 2.86. The van der Waals surface area contributed by atoms with E-state index >= 15 is 0 Å². The summed E-state index contributed by atoms with van der Waals surface area (Å²) >= 11 is 0. The van der Waals surface area contributed by atoms with Gasteiger partial charge in [-0.25, -0.2) is 0 Å². The third-order valence-electron chi connectivity index (χ3n) is 3.41. The predicted molar refractivity (Wildman–Crippen MR) is 75.0 cm³/mol. The molecule has 2 rings (SSSR count). The van der Waals surface area contributed by atoms with E-state index in [1.807, 2.05) is 12.1 Å². The highest BCUT2D eigenvalue weighted by Crippen LogP contribution is 2.29. The number of pyridine rings is 1. The van der Waals surface area contributed by atoms with Crippen LogP contribution < -0.4 is 15.4 Å². The Bertz CT molecular complexity index is 402. The van der Waals surface area contributed by atoms with Crippen LogP contribution in [0.25, 0.3) is 0 Å². The van der Waals surface area contributed by atoms with E-state index in [9.17, 15) is 0 Å². The van der Waals surface area contributed by atoms with Crippen molar-refractivity contribution < 1.29 is 4.74 Å². The fourth-order valence-electron chi connectivity index (χ4n) is 1.96. The highest BCUT2D eigenvalue weighted by molar-refractivity contribution is 5.54. The van der Waals surface area contributed by atoms with Crippen molar-refractivity contribution in [3.05, 3.63) is 12.1 Å². The van der Waals surface area contributed by atoms with Gasteiger partial charge in [-0.2, -0.15) is 4.98 Å². The van der Waals surface area contributed by atoms with Gasteiger partial charge in [-0.05, 0) is 37.3 Å². The summed E-state index contributed by atoms with van der Waals surface area (Å²) in [6, 6.07) is 4.47. The molecule has 0 aliphatic heterocycles. The number of hydrogen-bond donors (Lipinski definition) is 1. The average molecular weight is 249 g/mol. The molecule has 0 aromatic carbocycles. The summed E-state index contributed by atoms with van der Waals surface area (Å²) in [6.45, 7) is 4.87. The van der Waals surface area contributed by atoms with Crippen molar-refractivity contribution in [1.82, 2.24) is 4.98 Å². The first kappa shape index (κ1) is 13.0. The van der Waals surface area contributed by atoms with Gasteiger partial charge >= 0.3 is 0 Å². The summed E-state index contributed by atoms with van der Waals surface area (Å²) in [6.07, 6.45) is 3.83.